The Kier molecular flexibility index (Phi) is 2.74. The maximum atomic E-state index is 14.1. The molecule has 4 rings (SSSR count). The number of halogens is 1. The van der Waals surface area contributed by atoms with Gasteiger partial charge in [0.1, 0.15) is 11.8 Å². The van der Waals surface area contributed by atoms with E-state index in [0.717, 1.165) is 29.7 Å². The molecule has 1 aliphatic rings. The zero-order valence-corrected chi connectivity index (χ0v) is 11.7. The van der Waals surface area contributed by atoms with E-state index >= 15 is 0 Å². The Labute approximate surface area is 121 Å². The van der Waals surface area contributed by atoms with Gasteiger partial charge in [-0.1, -0.05) is 13.3 Å². The molecule has 0 radical (unpaired) electrons. The summed E-state index contributed by atoms with van der Waals surface area (Å²) in [6.45, 7) is 2.18. The fourth-order valence-corrected chi connectivity index (χ4v) is 3.05. The molecular formula is C16H15FN4. The Hall–Kier alpha value is -2.30. The Balaban J connectivity index is 1.91. The summed E-state index contributed by atoms with van der Waals surface area (Å²) in [5, 5.41) is 4.48. The summed E-state index contributed by atoms with van der Waals surface area (Å²) >= 11 is 0. The van der Waals surface area contributed by atoms with Crippen LogP contribution in [-0.2, 0) is 0 Å². The van der Waals surface area contributed by atoms with Gasteiger partial charge in [-0.2, -0.15) is 5.10 Å². The summed E-state index contributed by atoms with van der Waals surface area (Å²) < 4.78 is 15.7. The molecule has 1 saturated carbocycles. The van der Waals surface area contributed by atoms with Crippen LogP contribution in [0.15, 0.2) is 37.1 Å². The Morgan fingerprint density at radius 1 is 1.33 bits per heavy atom. The molecule has 0 spiro atoms. The fourth-order valence-electron chi connectivity index (χ4n) is 3.05. The molecule has 5 heteroatoms. The lowest BCUT2D eigenvalue weighted by molar-refractivity contribution is 0.637. The van der Waals surface area contributed by atoms with Crippen LogP contribution in [0.4, 0.5) is 4.39 Å². The van der Waals surface area contributed by atoms with Crippen LogP contribution in [0, 0.1) is 11.7 Å². The second-order valence-corrected chi connectivity index (χ2v) is 5.58. The fraction of sp³-hybridized carbons (Fsp3) is 0.312. The van der Waals surface area contributed by atoms with Gasteiger partial charge in [-0.25, -0.2) is 18.9 Å². The minimum absolute atomic E-state index is 0.199. The smallest absolute Gasteiger partial charge is 0.150 e. The van der Waals surface area contributed by atoms with Gasteiger partial charge in [0.15, 0.2) is 5.82 Å². The highest BCUT2D eigenvalue weighted by Gasteiger charge is 2.38. The molecule has 0 unspecified atom stereocenters. The molecule has 0 saturated heterocycles. The van der Waals surface area contributed by atoms with Crippen LogP contribution in [0.2, 0.25) is 0 Å². The predicted molar refractivity (Wildman–Crippen MR) is 77.3 cm³/mol. The van der Waals surface area contributed by atoms with Crippen LogP contribution in [0.1, 0.15) is 31.2 Å². The molecule has 0 aliphatic heterocycles. The largest absolute Gasteiger partial charge is 0.244 e. The molecule has 2 atom stereocenters. The van der Waals surface area contributed by atoms with Crippen LogP contribution >= 0.6 is 0 Å². The van der Waals surface area contributed by atoms with E-state index in [1.165, 1.54) is 12.4 Å². The molecule has 3 heterocycles. The molecule has 1 aliphatic carbocycles. The van der Waals surface area contributed by atoms with Crippen molar-refractivity contribution in [3.8, 4) is 11.3 Å². The number of fused-ring (bicyclic) bond motifs is 1. The molecule has 0 N–H and O–H groups in total. The van der Waals surface area contributed by atoms with Crippen molar-refractivity contribution in [2.75, 3.05) is 0 Å². The first-order valence-corrected chi connectivity index (χ1v) is 7.21. The van der Waals surface area contributed by atoms with Crippen LogP contribution in [0.5, 0.6) is 0 Å². The van der Waals surface area contributed by atoms with Crippen LogP contribution in [-0.4, -0.2) is 19.6 Å². The van der Waals surface area contributed by atoms with E-state index in [9.17, 15) is 4.39 Å². The highest BCUT2D eigenvalue weighted by atomic mass is 19.1. The zero-order chi connectivity index (χ0) is 14.4. The highest BCUT2D eigenvalue weighted by molar-refractivity contribution is 5.66. The van der Waals surface area contributed by atoms with Gasteiger partial charge in [-0.15, -0.1) is 0 Å². The first-order valence-electron chi connectivity index (χ1n) is 7.21. The average molecular weight is 282 g/mol. The molecule has 4 nitrogen and oxygen atoms in total. The van der Waals surface area contributed by atoms with Crippen LogP contribution in [0.25, 0.3) is 16.8 Å². The lowest BCUT2D eigenvalue weighted by atomic mass is 10.1. The maximum absolute atomic E-state index is 14.1. The first-order chi connectivity index (χ1) is 10.3. The van der Waals surface area contributed by atoms with E-state index < -0.39 is 0 Å². The van der Waals surface area contributed by atoms with Gasteiger partial charge in [0.2, 0.25) is 0 Å². The SMILES string of the molecule is CC[C@H]1C[C@@H]1c1cc(-c2cncnc2)nn2ccc(F)c12. The summed E-state index contributed by atoms with van der Waals surface area (Å²) in [6.07, 6.45) is 8.89. The summed E-state index contributed by atoms with van der Waals surface area (Å²) in [7, 11) is 0. The highest BCUT2D eigenvalue weighted by Crippen LogP contribution is 2.51. The van der Waals surface area contributed by atoms with E-state index in [-0.39, 0.29) is 5.82 Å². The van der Waals surface area contributed by atoms with E-state index in [0.29, 0.717) is 17.4 Å². The Morgan fingerprint density at radius 2 is 2.14 bits per heavy atom. The van der Waals surface area contributed by atoms with Crippen molar-refractivity contribution in [3.63, 3.8) is 0 Å². The number of hydrogen-bond acceptors (Lipinski definition) is 3. The molecule has 3 aromatic rings. The second kappa shape index (κ2) is 4.62. The molecule has 0 aromatic carbocycles. The third-order valence-electron chi connectivity index (χ3n) is 4.30. The van der Waals surface area contributed by atoms with Crippen molar-refractivity contribution in [2.45, 2.75) is 25.7 Å². The van der Waals surface area contributed by atoms with Crippen LogP contribution < -0.4 is 0 Å². The predicted octanol–water partition coefficient (Wildman–Crippen LogP) is 3.44. The Bertz CT molecular complexity index is 797. The van der Waals surface area contributed by atoms with Gasteiger partial charge in [0, 0.05) is 24.2 Å². The van der Waals surface area contributed by atoms with Gasteiger partial charge >= 0.3 is 0 Å². The van der Waals surface area contributed by atoms with Gasteiger partial charge in [-0.3, -0.25) is 0 Å². The topological polar surface area (TPSA) is 43.1 Å². The molecule has 3 aromatic heterocycles. The summed E-state index contributed by atoms with van der Waals surface area (Å²) in [4.78, 5) is 8.07. The lowest BCUT2D eigenvalue weighted by Gasteiger charge is -2.08. The molecular weight excluding hydrogens is 267 g/mol. The Morgan fingerprint density at radius 3 is 2.86 bits per heavy atom. The van der Waals surface area contributed by atoms with E-state index in [4.69, 9.17) is 0 Å². The summed E-state index contributed by atoms with van der Waals surface area (Å²) in [5.74, 6) is 0.897. The molecule has 106 valence electrons. The van der Waals surface area contributed by atoms with Crippen molar-refractivity contribution in [2.24, 2.45) is 5.92 Å². The average Bonchev–Trinajstić information content (AvgIpc) is 3.23. The van der Waals surface area contributed by atoms with Crippen molar-refractivity contribution >= 4 is 5.52 Å². The number of aromatic nitrogens is 4. The number of hydrogen-bond donors (Lipinski definition) is 0. The first kappa shape index (κ1) is 12.4. The zero-order valence-electron chi connectivity index (χ0n) is 11.7. The quantitative estimate of drug-likeness (QED) is 0.739. The molecule has 1 fully saturated rings. The van der Waals surface area contributed by atoms with E-state index in [1.54, 1.807) is 23.1 Å². The van der Waals surface area contributed by atoms with Crippen molar-refractivity contribution in [3.05, 3.63) is 48.4 Å². The second-order valence-electron chi connectivity index (χ2n) is 5.58. The minimum Gasteiger partial charge on any atom is -0.244 e. The van der Waals surface area contributed by atoms with Gasteiger partial charge in [0.05, 0.1) is 5.69 Å². The monoisotopic (exact) mass is 282 g/mol. The number of rotatable bonds is 3. The lowest BCUT2D eigenvalue weighted by Crippen LogP contribution is -1.99. The van der Waals surface area contributed by atoms with Crippen molar-refractivity contribution in [1.29, 1.82) is 0 Å². The van der Waals surface area contributed by atoms with E-state index in [2.05, 4.69) is 22.0 Å². The third-order valence-corrected chi connectivity index (χ3v) is 4.30. The van der Waals surface area contributed by atoms with Crippen molar-refractivity contribution < 1.29 is 4.39 Å². The number of nitrogens with zero attached hydrogens (tertiary/aromatic N) is 4. The molecule has 0 amide bonds. The third kappa shape index (κ3) is 2.00. The van der Waals surface area contributed by atoms with Crippen molar-refractivity contribution in [1.82, 2.24) is 19.6 Å². The van der Waals surface area contributed by atoms with Gasteiger partial charge < -0.3 is 0 Å². The molecule has 21 heavy (non-hydrogen) atoms. The summed E-state index contributed by atoms with van der Waals surface area (Å²) in [6, 6.07) is 3.47. The summed E-state index contributed by atoms with van der Waals surface area (Å²) in [5.41, 5.74) is 3.30. The normalized spacial score (nSPS) is 20.9. The van der Waals surface area contributed by atoms with Gasteiger partial charge in [0.25, 0.3) is 0 Å². The van der Waals surface area contributed by atoms with Crippen LogP contribution in [0.3, 0.4) is 0 Å². The van der Waals surface area contributed by atoms with E-state index in [1.807, 2.05) is 6.07 Å². The minimum atomic E-state index is -0.199. The van der Waals surface area contributed by atoms with Gasteiger partial charge in [-0.05, 0) is 36.0 Å². The molecule has 0 bridgehead atoms. The standard InChI is InChI=1S/C16H15FN4/c1-2-10-5-12(10)13-6-15(11-7-18-9-19-8-11)20-21-4-3-14(17)16(13)21/h3-4,6-10,12H,2,5H2,1H3/t10-,12-/m0/s1. The maximum Gasteiger partial charge on any atom is 0.150 e.